The molecule has 148 valence electrons. The van der Waals surface area contributed by atoms with E-state index in [0.717, 1.165) is 34.5 Å². The number of hydrogen-bond acceptors (Lipinski definition) is 9. The van der Waals surface area contributed by atoms with Crippen molar-refractivity contribution in [1.82, 2.24) is 0 Å². The van der Waals surface area contributed by atoms with Gasteiger partial charge in [0.25, 0.3) is 0 Å². The van der Waals surface area contributed by atoms with E-state index in [9.17, 15) is 5.26 Å². The van der Waals surface area contributed by atoms with Crippen molar-refractivity contribution >= 4 is 40.5 Å². The van der Waals surface area contributed by atoms with Gasteiger partial charge in [-0.1, -0.05) is 0 Å². The number of hydrogen-bond donors (Lipinski definition) is 1. The average molecular weight is 431 g/mol. The first-order valence-electron chi connectivity index (χ1n) is 8.58. The largest absolute Gasteiger partial charge is 1.00 e. The van der Waals surface area contributed by atoms with E-state index in [2.05, 4.69) is 29.8 Å². The van der Waals surface area contributed by atoms with Crippen LogP contribution in [0.1, 0.15) is 11.1 Å². The second-order valence-electron chi connectivity index (χ2n) is 6.12. The van der Waals surface area contributed by atoms with Crippen molar-refractivity contribution < 1.29 is 44.2 Å². The molecule has 30 heavy (non-hydrogen) atoms. The van der Waals surface area contributed by atoms with Crippen LogP contribution in [0.5, 0.6) is 0 Å². The summed E-state index contributed by atoms with van der Waals surface area (Å²) in [5.41, 5.74) is 11.4. The minimum Gasteiger partial charge on any atom is -0.691 e. The van der Waals surface area contributed by atoms with Crippen molar-refractivity contribution in [3.63, 3.8) is 0 Å². The number of nitrogen functional groups attached to an aromatic ring is 1. The molecule has 8 nitrogen and oxygen atoms in total. The Balaban J connectivity index is 0.00000320. The zero-order chi connectivity index (χ0) is 20.6. The van der Waals surface area contributed by atoms with E-state index in [1.807, 2.05) is 50.2 Å². The van der Waals surface area contributed by atoms with Gasteiger partial charge in [0.15, 0.2) is 0 Å². The van der Waals surface area contributed by atoms with E-state index >= 15 is 0 Å². The fourth-order valence-corrected chi connectivity index (χ4v) is 2.72. The first-order chi connectivity index (χ1) is 14.0. The van der Waals surface area contributed by atoms with Crippen LogP contribution in [0.3, 0.4) is 0 Å². The Hall–Kier alpha value is -2.11. The number of nitrogens with two attached hydrogens (primary N) is 1. The van der Waals surface area contributed by atoms with Crippen LogP contribution in [0.25, 0.3) is 0 Å². The van der Waals surface area contributed by atoms with Crippen molar-refractivity contribution in [2.24, 2.45) is 20.5 Å². The van der Waals surface area contributed by atoms with Crippen LogP contribution in [-0.4, -0.2) is 0 Å². The number of anilines is 1. The standard InChI is InChI=1S/C20H19N5O3S.Na/c1-13-12-20(14(2)11-19(13)21)25-24-16-5-3-15(4-6-16)22-23-17-7-9-18(10-8-17)29-28-27-26;/h3-12,26H,21H2,1-2H3;/q;+1/p-1. The van der Waals surface area contributed by atoms with E-state index < -0.39 is 0 Å². The summed E-state index contributed by atoms with van der Waals surface area (Å²) in [5.74, 6) is 0. The van der Waals surface area contributed by atoms with Gasteiger partial charge in [-0.15, -0.1) is 0 Å². The molecule has 3 aromatic carbocycles. The van der Waals surface area contributed by atoms with Crippen molar-refractivity contribution in [2.45, 2.75) is 18.7 Å². The van der Waals surface area contributed by atoms with E-state index in [0.29, 0.717) is 22.0 Å². The fourth-order valence-electron chi connectivity index (χ4n) is 2.37. The van der Waals surface area contributed by atoms with Gasteiger partial charge in [0.05, 0.1) is 34.8 Å². The van der Waals surface area contributed by atoms with Gasteiger partial charge in [0.1, 0.15) is 0 Å². The topological polar surface area (TPSA) is 117 Å². The molecule has 0 bridgehead atoms. The van der Waals surface area contributed by atoms with E-state index in [4.69, 9.17) is 5.73 Å². The van der Waals surface area contributed by atoms with Gasteiger partial charge in [0.2, 0.25) is 0 Å². The van der Waals surface area contributed by atoms with Gasteiger partial charge in [0, 0.05) is 10.6 Å². The molecular weight excluding hydrogens is 413 g/mol. The third-order valence-electron chi connectivity index (χ3n) is 3.98. The number of benzene rings is 3. The molecule has 0 saturated carbocycles. The molecule has 0 heterocycles. The molecule has 3 rings (SSSR count). The average Bonchev–Trinajstić information content (AvgIpc) is 2.74. The zero-order valence-corrected chi connectivity index (χ0v) is 19.6. The summed E-state index contributed by atoms with van der Waals surface area (Å²) in [6, 6.07) is 18.0. The maximum Gasteiger partial charge on any atom is 1.00 e. The van der Waals surface area contributed by atoms with Gasteiger partial charge in [-0.05, 0) is 85.6 Å². The summed E-state index contributed by atoms with van der Waals surface area (Å²) in [4.78, 5) is 0.709. The molecule has 0 saturated heterocycles. The van der Waals surface area contributed by atoms with Crippen molar-refractivity contribution in [2.75, 3.05) is 5.73 Å². The second-order valence-corrected chi connectivity index (χ2v) is 6.90. The molecule has 0 radical (unpaired) electrons. The minimum atomic E-state index is 0. The van der Waals surface area contributed by atoms with Crippen LogP contribution in [0.4, 0.5) is 28.4 Å². The van der Waals surface area contributed by atoms with Crippen LogP contribution in [0.2, 0.25) is 0 Å². The van der Waals surface area contributed by atoms with Gasteiger partial charge in [-0.2, -0.15) is 24.8 Å². The number of rotatable bonds is 7. The van der Waals surface area contributed by atoms with Gasteiger partial charge >= 0.3 is 29.6 Å². The number of azo groups is 2. The Morgan fingerprint density at radius 1 is 0.767 bits per heavy atom. The normalized spacial score (nSPS) is 11.2. The Morgan fingerprint density at radius 3 is 1.80 bits per heavy atom. The van der Waals surface area contributed by atoms with Crippen molar-refractivity contribution in [1.29, 1.82) is 0 Å². The number of nitrogens with zero attached hydrogens (tertiary/aromatic N) is 4. The SMILES string of the molecule is Cc1cc(N=Nc2ccc(N=Nc3ccc(SOO[O-])cc3)cc2)c(C)cc1N.[Na+]. The molecule has 10 heteroatoms. The van der Waals surface area contributed by atoms with Crippen LogP contribution < -0.4 is 40.5 Å². The molecule has 0 spiro atoms. The van der Waals surface area contributed by atoms with Crippen LogP contribution in [0.15, 0.2) is 86.0 Å². The quantitative estimate of drug-likeness (QED) is 0.154. The molecular formula is C20H18N5NaO3S. The van der Waals surface area contributed by atoms with Gasteiger partial charge < -0.3 is 11.0 Å². The Morgan fingerprint density at radius 2 is 1.27 bits per heavy atom. The summed E-state index contributed by atoms with van der Waals surface area (Å²) in [6.45, 7) is 3.89. The van der Waals surface area contributed by atoms with Crippen LogP contribution in [0, 0.1) is 13.8 Å². The molecule has 0 aliphatic heterocycles. The van der Waals surface area contributed by atoms with Gasteiger partial charge in [-0.25, -0.2) is 0 Å². The second kappa shape index (κ2) is 11.9. The van der Waals surface area contributed by atoms with E-state index in [1.165, 1.54) is 0 Å². The molecule has 3 aromatic rings. The monoisotopic (exact) mass is 431 g/mol. The van der Waals surface area contributed by atoms with Crippen LogP contribution >= 0.6 is 12.0 Å². The Labute approximate surface area is 200 Å². The molecule has 0 aliphatic carbocycles. The Kier molecular flexibility index (Phi) is 9.60. The first kappa shape index (κ1) is 24.2. The molecule has 0 unspecified atom stereocenters. The fraction of sp³-hybridized carbons (Fsp3) is 0.100. The summed E-state index contributed by atoms with van der Waals surface area (Å²) >= 11 is 0.818. The molecule has 0 aliphatic rings. The molecule has 0 aromatic heterocycles. The molecule has 2 N–H and O–H groups in total. The molecule has 0 atom stereocenters. The third kappa shape index (κ3) is 6.99. The minimum absolute atomic E-state index is 0. The maximum atomic E-state index is 9.81. The maximum absolute atomic E-state index is 9.81. The van der Waals surface area contributed by atoms with E-state index in [-0.39, 0.29) is 29.6 Å². The van der Waals surface area contributed by atoms with E-state index in [1.54, 1.807) is 24.3 Å². The van der Waals surface area contributed by atoms with Crippen molar-refractivity contribution in [3.8, 4) is 0 Å². The predicted molar refractivity (Wildman–Crippen MR) is 110 cm³/mol. The predicted octanol–water partition coefficient (Wildman–Crippen LogP) is 2.95. The smallest absolute Gasteiger partial charge is 0.691 e. The first-order valence-corrected chi connectivity index (χ1v) is 9.33. The zero-order valence-electron chi connectivity index (χ0n) is 16.8. The summed E-state index contributed by atoms with van der Waals surface area (Å²) in [7, 11) is 0. The summed E-state index contributed by atoms with van der Waals surface area (Å²) in [6.07, 6.45) is 0. The molecule has 0 fully saturated rings. The number of aryl methyl sites for hydroxylation is 2. The Bertz CT molecular complexity index is 1030. The van der Waals surface area contributed by atoms with Crippen molar-refractivity contribution in [3.05, 3.63) is 71.8 Å². The summed E-state index contributed by atoms with van der Waals surface area (Å²) in [5, 5.41) is 30.0. The molecule has 0 amide bonds. The summed E-state index contributed by atoms with van der Waals surface area (Å²) < 4.78 is 4.25. The van der Waals surface area contributed by atoms with Crippen LogP contribution in [-0.2, 0) is 9.37 Å². The van der Waals surface area contributed by atoms with Gasteiger partial charge in [-0.3, -0.25) is 5.04 Å². The third-order valence-corrected chi connectivity index (χ3v) is 4.57.